The van der Waals surface area contributed by atoms with Gasteiger partial charge in [0.1, 0.15) is 5.82 Å². The van der Waals surface area contributed by atoms with E-state index in [1.165, 1.54) is 5.56 Å². The molecule has 0 aromatic carbocycles. The Kier molecular flexibility index (Phi) is 3.07. The van der Waals surface area contributed by atoms with E-state index in [1.54, 1.807) is 18.6 Å². The summed E-state index contributed by atoms with van der Waals surface area (Å²) in [5.74, 6) is 1.63. The highest BCUT2D eigenvalue weighted by atomic mass is 15.1. The SMILES string of the molecule is Cc1[nH]ncc1Nc1nc(-c2ccncc2)nc2c1CCC2. The van der Waals surface area contributed by atoms with Gasteiger partial charge in [-0.05, 0) is 38.3 Å². The molecule has 4 rings (SSSR count). The van der Waals surface area contributed by atoms with E-state index < -0.39 is 0 Å². The fourth-order valence-electron chi connectivity index (χ4n) is 2.77. The Labute approximate surface area is 128 Å². The van der Waals surface area contributed by atoms with Gasteiger partial charge < -0.3 is 5.32 Å². The summed E-state index contributed by atoms with van der Waals surface area (Å²) in [5.41, 5.74) is 5.30. The highest BCUT2D eigenvalue weighted by molar-refractivity contribution is 5.66. The summed E-state index contributed by atoms with van der Waals surface area (Å²) in [7, 11) is 0. The maximum atomic E-state index is 4.74. The number of anilines is 2. The van der Waals surface area contributed by atoms with Crippen LogP contribution in [0.3, 0.4) is 0 Å². The number of aromatic nitrogens is 5. The Hall–Kier alpha value is -2.76. The second-order valence-corrected chi connectivity index (χ2v) is 5.44. The number of rotatable bonds is 3. The predicted molar refractivity (Wildman–Crippen MR) is 83.9 cm³/mol. The van der Waals surface area contributed by atoms with Crippen LogP contribution < -0.4 is 5.32 Å². The zero-order valence-corrected chi connectivity index (χ0v) is 12.3. The van der Waals surface area contributed by atoms with Crippen LogP contribution in [-0.2, 0) is 12.8 Å². The maximum absolute atomic E-state index is 4.74. The van der Waals surface area contributed by atoms with Crippen molar-refractivity contribution in [1.29, 1.82) is 0 Å². The van der Waals surface area contributed by atoms with E-state index >= 15 is 0 Å². The smallest absolute Gasteiger partial charge is 0.161 e. The molecule has 0 fully saturated rings. The van der Waals surface area contributed by atoms with Gasteiger partial charge in [0.15, 0.2) is 5.82 Å². The van der Waals surface area contributed by atoms with Crippen LogP contribution >= 0.6 is 0 Å². The van der Waals surface area contributed by atoms with Crippen LogP contribution in [0.4, 0.5) is 11.5 Å². The third-order valence-electron chi connectivity index (χ3n) is 3.95. The summed E-state index contributed by atoms with van der Waals surface area (Å²) in [6, 6.07) is 3.87. The van der Waals surface area contributed by atoms with Gasteiger partial charge in [0, 0.05) is 29.2 Å². The number of nitrogens with zero attached hydrogens (tertiary/aromatic N) is 4. The molecule has 0 unspecified atom stereocenters. The van der Waals surface area contributed by atoms with Gasteiger partial charge in [-0.15, -0.1) is 0 Å². The van der Waals surface area contributed by atoms with Crippen LogP contribution in [0.5, 0.6) is 0 Å². The fourth-order valence-corrected chi connectivity index (χ4v) is 2.77. The third kappa shape index (κ3) is 2.22. The molecule has 3 aromatic rings. The molecule has 0 bridgehead atoms. The predicted octanol–water partition coefficient (Wildman–Crippen LogP) is 2.80. The molecule has 6 nitrogen and oxygen atoms in total. The van der Waals surface area contributed by atoms with Crippen molar-refractivity contribution < 1.29 is 0 Å². The van der Waals surface area contributed by atoms with Crippen molar-refractivity contribution in [3.63, 3.8) is 0 Å². The molecule has 3 aromatic heterocycles. The van der Waals surface area contributed by atoms with E-state index in [1.807, 2.05) is 19.1 Å². The van der Waals surface area contributed by atoms with Gasteiger partial charge in [-0.2, -0.15) is 5.10 Å². The summed E-state index contributed by atoms with van der Waals surface area (Å²) in [4.78, 5) is 13.5. The molecule has 2 N–H and O–H groups in total. The topological polar surface area (TPSA) is 79.4 Å². The number of hydrogen-bond donors (Lipinski definition) is 2. The number of H-pyrrole nitrogens is 1. The fraction of sp³-hybridized carbons (Fsp3) is 0.250. The number of aromatic amines is 1. The standard InChI is InChI=1S/C16H16N6/c1-10-14(9-18-22-10)20-16-12-3-2-4-13(12)19-15(21-16)11-5-7-17-8-6-11/h5-9H,2-4H2,1H3,(H,18,22)(H,19,20,21). The Morgan fingerprint density at radius 1 is 1.14 bits per heavy atom. The van der Waals surface area contributed by atoms with Gasteiger partial charge in [-0.3, -0.25) is 10.1 Å². The summed E-state index contributed by atoms with van der Waals surface area (Å²) in [6.45, 7) is 1.99. The molecule has 0 amide bonds. The Balaban J connectivity index is 1.80. The van der Waals surface area contributed by atoms with Crippen LogP contribution in [-0.4, -0.2) is 25.1 Å². The molecule has 0 spiro atoms. The Bertz CT molecular complexity index is 809. The normalized spacial score (nSPS) is 13.1. The van der Waals surface area contributed by atoms with Crippen molar-refractivity contribution in [1.82, 2.24) is 25.1 Å². The Morgan fingerprint density at radius 3 is 2.77 bits per heavy atom. The number of nitrogens with one attached hydrogen (secondary N) is 2. The quantitative estimate of drug-likeness (QED) is 0.776. The second-order valence-electron chi connectivity index (χ2n) is 5.44. The van der Waals surface area contributed by atoms with Crippen molar-refractivity contribution in [3.8, 4) is 11.4 Å². The summed E-state index contributed by atoms with van der Waals surface area (Å²) >= 11 is 0. The number of hydrogen-bond acceptors (Lipinski definition) is 5. The molecule has 0 aliphatic heterocycles. The van der Waals surface area contributed by atoms with Crippen LogP contribution in [0.2, 0.25) is 0 Å². The maximum Gasteiger partial charge on any atom is 0.161 e. The van der Waals surface area contributed by atoms with Crippen LogP contribution in [0, 0.1) is 6.92 Å². The first kappa shape index (κ1) is 12.9. The first-order chi connectivity index (χ1) is 10.8. The van der Waals surface area contributed by atoms with Gasteiger partial charge >= 0.3 is 0 Å². The van der Waals surface area contributed by atoms with Crippen LogP contribution in [0.1, 0.15) is 23.4 Å². The van der Waals surface area contributed by atoms with E-state index in [4.69, 9.17) is 9.97 Å². The lowest BCUT2D eigenvalue weighted by molar-refractivity contribution is 0.900. The highest BCUT2D eigenvalue weighted by Crippen LogP contribution is 2.31. The van der Waals surface area contributed by atoms with Crippen LogP contribution in [0.15, 0.2) is 30.7 Å². The molecule has 0 radical (unpaired) electrons. The average molecular weight is 292 g/mol. The zero-order valence-electron chi connectivity index (χ0n) is 12.3. The molecule has 6 heteroatoms. The molecule has 1 aliphatic rings. The molecule has 110 valence electrons. The highest BCUT2D eigenvalue weighted by Gasteiger charge is 2.20. The molecule has 3 heterocycles. The third-order valence-corrected chi connectivity index (χ3v) is 3.95. The number of pyridine rings is 1. The van der Waals surface area contributed by atoms with Gasteiger partial charge in [0.05, 0.1) is 17.6 Å². The van der Waals surface area contributed by atoms with Gasteiger partial charge in [-0.1, -0.05) is 0 Å². The summed E-state index contributed by atoms with van der Waals surface area (Å²) in [5, 5.41) is 10.4. The van der Waals surface area contributed by atoms with E-state index in [9.17, 15) is 0 Å². The van der Waals surface area contributed by atoms with Gasteiger partial charge in [-0.25, -0.2) is 9.97 Å². The molecule has 22 heavy (non-hydrogen) atoms. The first-order valence-corrected chi connectivity index (χ1v) is 7.38. The van der Waals surface area contributed by atoms with Crippen molar-refractivity contribution in [2.24, 2.45) is 0 Å². The number of fused-ring (bicyclic) bond motifs is 1. The first-order valence-electron chi connectivity index (χ1n) is 7.38. The molecule has 0 atom stereocenters. The summed E-state index contributed by atoms with van der Waals surface area (Å²) < 4.78 is 0. The van der Waals surface area contributed by atoms with Crippen molar-refractivity contribution in [2.45, 2.75) is 26.2 Å². The average Bonchev–Trinajstić information content (AvgIpc) is 3.17. The monoisotopic (exact) mass is 292 g/mol. The van der Waals surface area contributed by atoms with E-state index in [2.05, 4.69) is 20.5 Å². The van der Waals surface area contributed by atoms with Gasteiger partial charge in [0.2, 0.25) is 0 Å². The minimum absolute atomic E-state index is 0.742. The molecular weight excluding hydrogens is 276 g/mol. The zero-order chi connectivity index (χ0) is 14.9. The molecule has 0 saturated heterocycles. The van der Waals surface area contributed by atoms with Crippen LogP contribution in [0.25, 0.3) is 11.4 Å². The van der Waals surface area contributed by atoms with E-state index in [0.717, 1.165) is 53.5 Å². The molecular formula is C16H16N6. The van der Waals surface area contributed by atoms with E-state index in [0.29, 0.717) is 0 Å². The van der Waals surface area contributed by atoms with Gasteiger partial charge in [0.25, 0.3) is 0 Å². The van der Waals surface area contributed by atoms with Crippen molar-refractivity contribution in [3.05, 3.63) is 47.7 Å². The lowest BCUT2D eigenvalue weighted by Crippen LogP contribution is -2.04. The molecule has 0 saturated carbocycles. The minimum atomic E-state index is 0.742. The molecule has 1 aliphatic carbocycles. The van der Waals surface area contributed by atoms with Crippen molar-refractivity contribution in [2.75, 3.05) is 5.32 Å². The largest absolute Gasteiger partial charge is 0.337 e. The lowest BCUT2D eigenvalue weighted by atomic mass is 10.2. The Morgan fingerprint density at radius 2 is 2.00 bits per heavy atom. The minimum Gasteiger partial charge on any atom is -0.337 e. The summed E-state index contributed by atoms with van der Waals surface area (Å²) in [6.07, 6.45) is 8.46. The second kappa shape index (κ2) is 5.22. The van der Waals surface area contributed by atoms with Crippen molar-refractivity contribution >= 4 is 11.5 Å². The van der Waals surface area contributed by atoms with E-state index in [-0.39, 0.29) is 0 Å². The lowest BCUT2D eigenvalue weighted by Gasteiger charge is -2.11. The number of aryl methyl sites for hydroxylation is 2.